The first kappa shape index (κ1) is 40.1. The van der Waals surface area contributed by atoms with Crippen molar-refractivity contribution in [3.05, 3.63) is 0 Å². The fourth-order valence-electron chi connectivity index (χ4n) is 3.73. The minimum atomic E-state index is -1.78. The molecule has 0 aliphatic carbocycles. The van der Waals surface area contributed by atoms with E-state index in [1.165, 1.54) is 20.8 Å². The van der Waals surface area contributed by atoms with Crippen molar-refractivity contribution in [3.63, 3.8) is 0 Å². The molecule has 44 heavy (non-hydrogen) atoms. The van der Waals surface area contributed by atoms with Crippen LogP contribution < -0.4 is 38.1 Å². The Hall–Kier alpha value is -3.93. The Morgan fingerprint density at radius 2 is 1.16 bits per heavy atom. The number of hydrogen-bond acceptors (Lipinski definition) is 10. The highest BCUT2D eigenvalue weighted by Crippen LogP contribution is 2.10. The van der Waals surface area contributed by atoms with Crippen LogP contribution in [-0.2, 0) is 38.4 Å². The summed E-state index contributed by atoms with van der Waals surface area (Å²) in [6, 6.07) is -7.80. The molecule has 0 heterocycles. The van der Waals surface area contributed by atoms with Crippen molar-refractivity contribution >= 4 is 60.0 Å². The maximum absolute atomic E-state index is 13.3. The summed E-state index contributed by atoms with van der Waals surface area (Å²) in [5.74, 6) is -8.81. The Morgan fingerprint density at radius 3 is 1.59 bits per heavy atom. The van der Waals surface area contributed by atoms with Gasteiger partial charge in [-0.15, -0.1) is 0 Å². The number of hydrogen-bond donors (Lipinski definition) is 10. The molecule has 0 fully saturated rings. The van der Waals surface area contributed by atoms with Crippen molar-refractivity contribution in [2.24, 2.45) is 23.3 Å². The van der Waals surface area contributed by atoms with Crippen molar-refractivity contribution in [1.82, 2.24) is 26.6 Å². The van der Waals surface area contributed by atoms with Gasteiger partial charge in [0.1, 0.15) is 30.2 Å². The summed E-state index contributed by atoms with van der Waals surface area (Å²) in [5, 5.41) is 30.1. The average Bonchev–Trinajstić information content (AvgIpc) is 2.90. The van der Waals surface area contributed by atoms with Crippen molar-refractivity contribution in [2.75, 3.05) is 5.75 Å². The van der Waals surface area contributed by atoms with E-state index in [2.05, 4.69) is 39.2 Å². The zero-order chi connectivity index (χ0) is 34.3. The summed E-state index contributed by atoms with van der Waals surface area (Å²) >= 11 is 4.08. The van der Waals surface area contributed by atoms with Crippen LogP contribution >= 0.6 is 12.6 Å². The van der Waals surface area contributed by atoms with Gasteiger partial charge in [-0.3, -0.25) is 33.6 Å². The van der Waals surface area contributed by atoms with Crippen molar-refractivity contribution < 1.29 is 48.6 Å². The predicted molar refractivity (Wildman–Crippen MR) is 160 cm³/mol. The van der Waals surface area contributed by atoms with Gasteiger partial charge in [0.15, 0.2) is 0 Å². The van der Waals surface area contributed by atoms with Crippen LogP contribution in [0.25, 0.3) is 0 Å². The van der Waals surface area contributed by atoms with E-state index in [-0.39, 0.29) is 30.9 Å². The maximum atomic E-state index is 13.3. The first-order valence-corrected chi connectivity index (χ1v) is 14.5. The predicted octanol–water partition coefficient (Wildman–Crippen LogP) is -2.79. The molecule has 0 bridgehead atoms. The van der Waals surface area contributed by atoms with Gasteiger partial charge < -0.3 is 48.3 Å². The number of primary amides is 1. The van der Waals surface area contributed by atoms with Gasteiger partial charge in [-0.2, -0.15) is 12.6 Å². The molecule has 0 saturated carbocycles. The summed E-state index contributed by atoms with van der Waals surface area (Å²) < 4.78 is 0. The van der Waals surface area contributed by atoms with Gasteiger partial charge in [-0.1, -0.05) is 27.7 Å². The molecule has 0 aromatic heterocycles. The average molecular weight is 648 g/mol. The molecule has 0 radical (unpaired) electrons. The lowest BCUT2D eigenvalue weighted by Gasteiger charge is -2.28. The highest BCUT2D eigenvalue weighted by molar-refractivity contribution is 7.80. The molecule has 0 aliphatic rings. The second-order valence-corrected chi connectivity index (χ2v) is 11.4. The summed E-state index contributed by atoms with van der Waals surface area (Å²) in [6.07, 6.45) is -1.44. The van der Waals surface area contributed by atoms with Crippen molar-refractivity contribution in [3.8, 4) is 0 Å². The molecule has 18 heteroatoms. The molecule has 0 aliphatic heterocycles. The molecular formula is C26H45N7O10S. The lowest BCUT2D eigenvalue weighted by atomic mass is 10.00. The molecule has 0 aromatic carbocycles. The fourth-order valence-corrected chi connectivity index (χ4v) is 3.98. The molecule has 17 nitrogen and oxygen atoms in total. The summed E-state index contributed by atoms with van der Waals surface area (Å²) in [5.41, 5.74) is 10.8. The van der Waals surface area contributed by atoms with Crippen LogP contribution in [0.4, 0.5) is 0 Å². The number of carboxylic acid groups (broad SMARTS) is 2. The molecule has 0 rings (SSSR count). The van der Waals surface area contributed by atoms with Crippen LogP contribution in [0.3, 0.4) is 0 Å². The molecule has 0 spiro atoms. The van der Waals surface area contributed by atoms with E-state index in [1.807, 2.05) is 0 Å². The largest absolute Gasteiger partial charge is 0.481 e. The zero-order valence-corrected chi connectivity index (χ0v) is 26.3. The van der Waals surface area contributed by atoms with Crippen LogP contribution in [0, 0.1) is 11.8 Å². The van der Waals surface area contributed by atoms with Crippen molar-refractivity contribution in [1.29, 1.82) is 0 Å². The van der Waals surface area contributed by atoms with E-state index in [4.69, 9.17) is 16.6 Å². The molecule has 0 saturated heterocycles. The van der Waals surface area contributed by atoms with E-state index in [0.717, 1.165) is 0 Å². The SMILES string of the molecule is CC(C)C[C@H](NC(=O)[C@H](CS)NC(=O)[C@H](C)N)C(=O)N[C@@H](CCC(N)=O)C(=O)N[C@H](C(=O)N[C@@H](CC(=O)O)C(=O)O)C(C)C. The van der Waals surface area contributed by atoms with Gasteiger partial charge in [-0.25, -0.2) is 4.79 Å². The molecule has 6 atom stereocenters. The number of carbonyl (C=O) groups excluding carboxylic acids is 6. The first-order chi connectivity index (χ1) is 20.3. The number of thiol groups is 1. The zero-order valence-electron chi connectivity index (χ0n) is 25.4. The number of nitrogens with one attached hydrogen (secondary N) is 5. The Bertz CT molecular complexity index is 1070. The Balaban J connectivity index is 6.00. The molecule has 11 N–H and O–H groups in total. The van der Waals surface area contributed by atoms with E-state index in [9.17, 15) is 43.5 Å². The number of carbonyl (C=O) groups is 8. The normalized spacial score (nSPS) is 15.1. The summed E-state index contributed by atoms with van der Waals surface area (Å²) in [4.78, 5) is 98.3. The minimum Gasteiger partial charge on any atom is -0.481 e. The van der Waals surface area contributed by atoms with E-state index < -0.39 is 96.0 Å². The Labute approximate surface area is 260 Å². The maximum Gasteiger partial charge on any atom is 0.326 e. The van der Waals surface area contributed by atoms with E-state index in [0.29, 0.717) is 0 Å². The number of rotatable bonds is 20. The van der Waals surface area contributed by atoms with Crippen LogP contribution in [0.5, 0.6) is 0 Å². The number of nitrogens with two attached hydrogens (primary N) is 2. The van der Waals surface area contributed by atoms with Gasteiger partial charge in [0.05, 0.1) is 12.5 Å². The standard InChI is InChI=1S/C26H45N7O10S/c1-11(2)8-15(30-24(40)17(10-44)32-21(37)13(5)27)23(39)29-14(6-7-18(28)34)22(38)33-20(12(3)4)25(41)31-16(26(42)43)9-19(35)36/h11-17,20,44H,6-10,27H2,1-5H3,(H2,28,34)(H,29,39)(H,30,40)(H,31,41)(H,32,37)(H,33,38)(H,35,36)(H,42,43)/t13-,14-,15-,16-,17-,20-/m0/s1. The van der Waals surface area contributed by atoms with Gasteiger partial charge in [-0.05, 0) is 31.6 Å². The smallest absolute Gasteiger partial charge is 0.326 e. The van der Waals surface area contributed by atoms with E-state index in [1.54, 1.807) is 13.8 Å². The fraction of sp³-hybridized carbons (Fsp3) is 0.692. The monoisotopic (exact) mass is 647 g/mol. The highest BCUT2D eigenvalue weighted by atomic mass is 32.1. The third-order valence-corrected chi connectivity index (χ3v) is 6.49. The van der Waals surface area contributed by atoms with Gasteiger partial charge in [0.2, 0.25) is 35.4 Å². The quantitative estimate of drug-likeness (QED) is 0.0603. The molecule has 250 valence electrons. The third kappa shape index (κ3) is 15.0. The summed E-state index contributed by atoms with van der Waals surface area (Å²) in [6.45, 7) is 8.04. The number of carboxylic acids is 2. The van der Waals surface area contributed by atoms with Crippen LogP contribution in [0.1, 0.15) is 60.3 Å². The second-order valence-electron chi connectivity index (χ2n) is 11.0. The van der Waals surface area contributed by atoms with Gasteiger partial charge in [0, 0.05) is 12.2 Å². The molecular weight excluding hydrogens is 602 g/mol. The third-order valence-electron chi connectivity index (χ3n) is 6.12. The first-order valence-electron chi connectivity index (χ1n) is 13.9. The second kappa shape index (κ2) is 19.4. The topological polar surface area (TPSA) is 289 Å². The number of aliphatic carboxylic acids is 2. The summed E-state index contributed by atoms with van der Waals surface area (Å²) in [7, 11) is 0. The van der Waals surface area contributed by atoms with Gasteiger partial charge in [0.25, 0.3) is 0 Å². The van der Waals surface area contributed by atoms with Gasteiger partial charge >= 0.3 is 11.9 Å². The molecule has 6 amide bonds. The molecule has 0 aromatic rings. The lowest BCUT2D eigenvalue weighted by molar-refractivity contribution is -0.147. The lowest BCUT2D eigenvalue weighted by Crippen LogP contribution is -2.60. The van der Waals surface area contributed by atoms with Crippen LogP contribution in [-0.4, -0.2) is 99.6 Å². The van der Waals surface area contributed by atoms with Crippen LogP contribution in [0.2, 0.25) is 0 Å². The van der Waals surface area contributed by atoms with Crippen molar-refractivity contribution in [2.45, 2.75) is 96.6 Å². The van der Waals surface area contributed by atoms with Crippen LogP contribution in [0.15, 0.2) is 0 Å². The highest BCUT2D eigenvalue weighted by Gasteiger charge is 2.34. The number of amides is 6. The Kier molecular flexibility index (Phi) is 17.6. The van der Waals surface area contributed by atoms with E-state index >= 15 is 0 Å². The minimum absolute atomic E-state index is 0.111. The molecule has 0 unspecified atom stereocenters. The Morgan fingerprint density at radius 1 is 0.682 bits per heavy atom.